The van der Waals surface area contributed by atoms with Crippen LogP contribution in [0.25, 0.3) is 15.9 Å². The number of hydrogen-bond acceptors (Lipinski definition) is 2. The van der Waals surface area contributed by atoms with Crippen molar-refractivity contribution in [1.82, 2.24) is 9.78 Å². The van der Waals surface area contributed by atoms with Gasteiger partial charge in [0.05, 0.1) is 11.9 Å². The van der Waals surface area contributed by atoms with Crippen LogP contribution in [-0.2, 0) is 0 Å². The summed E-state index contributed by atoms with van der Waals surface area (Å²) in [5.74, 6) is 0. The molecule has 3 aromatic rings. The Kier molecular flexibility index (Phi) is 1.64. The van der Waals surface area contributed by atoms with Crippen molar-refractivity contribution < 1.29 is 0 Å². The first-order valence-corrected chi connectivity index (χ1v) is 5.16. The maximum atomic E-state index is 4.33. The highest BCUT2D eigenvalue weighted by Gasteiger charge is 2.04. The number of rotatable bonds is 1. The average molecular weight is 199 g/mol. The van der Waals surface area contributed by atoms with Gasteiger partial charge in [0.2, 0.25) is 0 Å². The third-order valence-electron chi connectivity index (χ3n) is 2.12. The number of thiophene rings is 1. The number of hydrogen-bond donors (Lipinski definition) is 0. The zero-order valence-corrected chi connectivity index (χ0v) is 8.16. The fourth-order valence-electron chi connectivity index (χ4n) is 1.45. The van der Waals surface area contributed by atoms with Crippen molar-refractivity contribution in [3.63, 3.8) is 0 Å². The molecule has 0 unspecified atom stereocenters. The second-order valence-corrected chi connectivity index (χ2v) is 3.84. The number of para-hydroxylation sites is 1. The molecular weight excluding hydrogens is 192 g/mol. The van der Waals surface area contributed by atoms with Gasteiger partial charge in [-0.2, -0.15) is 5.10 Å². The van der Waals surface area contributed by atoms with Gasteiger partial charge in [-0.05, 0) is 18.2 Å². The molecule has 1 aromatic carbocycles. The highest BCUT2D eigenvalue weighted by atomic mass is 32.1. The molecule has 0 spiro atoms. The van der Waals surface area contributed by atoms with Gasteiger partial charge in [-0.15, -0.1) is 11.3 Å². The van der Waals surface area contributed by atoms with Crippen LogP contribution in [0.2, 0.25) is 0 Å². The van der Waals surface area contributed by atoms with Crippen LogP contribution >= 0.6 is 11.3 Å². The van der Waals surface area contributed by atoms with E-state index in [-0.39, 0.29) is 0 Å². The van der Waals surface area contributed by atoms with Crippen molar-refractivity contribution in [1.29, 1.82) is 0 Å². The van der Waals surface area contributed by atoms with Gasteiger partial charge in [-0.25, -0.2) is 4.68 Å². The second kappa shape index (κ2) is 2.96. The van der Waals surface area contributed by atoms with Gasteiger partial charge in [0.1, 0.15) is 4.83 Å². The van der Waals surface area contributed by atoms with Crippen LogP contribution in [0.5, 0.6) is 0 Å². The molecule has 0 saturated carbocycles. The van der Waals surface area contributed by atoms with Gasteiger partial charge in [-0.1, -0.05) is 18.2 Å². The Morgan fingerprint density at radius 1 is 1.21 bits per heavy atom. The Balaban J connectivity index is 2.28. The Morgan fingerprint density at radius 2 is 2.07 bits per heavy atom. The minimum absolute atomic E-state index is 1.10. The average Bonchev–Trinajstić information content (AvgIpc) is 2.79. The summed E-state index contributed by atoms with van der Waals surface area (Å²) >= 11 is 1.59. The van der Waals surface area contributed by atoms with Gasteiger partial charge in [0.25, 0.3) is 0 Å². The number of benzene rings is 1. The van der Waals surface area contributed by atoms with E-state index in [1.54, 1.807) is 11.3 Å². The number of fused-ring (bicyclic) bond motifs is 1. The third kappa shape index (κ3) is 1.06. The standard InChI is InChI=1S/C11H7N2S/c1-2-4-10(5-3-1)13-11-9(8-12-13)6-7-14-11/h1-6,8H. The fourth-order valence-corrected chi connectivity index (χ4v) is 2.22. The van der Waals surface area contributed by atoms with Gasteiger partial charge < -0.3 is 0 Å². The van der Waals surface area contributed by atoms with E-state index < -0.39 is 0 Å². The van der Waals surface area contributed by atoms with Gasteiger partial charge in [-0.3, -0.25) is 0 Å². The topological polar surface area (TPSA) is 17.8 Å². The minimum Gasteiger partial charge on any atom is -0.223 e. The molecule has 2 nitrogen and oxygen atoms in total. The van der Waals surface area contributed by atoms with Gasteiger partial charge in [0, 0.05) is 10.8 Å². The summed E-state index contributed by atoms with van der Waals surface area (Å²) < 4.78 is 1.94. The van der Waals surface area contributed by atoms with E-state index >= 15 is 0 Å². The zero-order valence-electron chi connectivity index (χ0n) is 7.34. The largest absolute Gasteiger partial charge is 0.223 e. The molecule has 0 fully saturated rings. The lowest BCUT2D eigenvalue weighted by atomic mass is 10.3. The predicted octanol–water partition coefficient (Wildman–Crippen LogP) is 2.89. The summed E-state index contributed by atoms with van der Waals surface area (Å²) in [5.41, 5.74) is 1.10. The molecule has 0 bridgehead atoms. The van der Waals surface area contributed by atoms with E-state index in [4.69, 9.17) is 0 Å². The minimum atomic E-state index is 1.10. The van der Waals surface area contributed by atoms with Gasteiger partial charge in [0.15, 0.2) is 0 Å². The van der Waals surface area contributed by atoms with Crippen LogP contribution in [0.3, 0.4) is 0 Å². The van der Waals surface area contributed by atoms with Crippen LogP contribution in [0.4, 0.5) is 0 Å². The van der Waals surface area contributed by atoms with Gasteiger partial charge >= 0.3 is 0 Å². The molecule has 0 aliphatic carbocycles. The molecule has 0 atom stereocenters. The normalized spacial score (nSPS) is 10.9. The lowest BCUT2D eigenvalue weighted by molar-refractivity contribution is 0.917. The van der Waals surface area contributed by atoms with Crippen molar-refractivity contribution >= 4 is 21.6 Å². The molecule has 0 N–H and O–H groups in total. The summed E-state index contributed by atoms with van der Waals surface area (Å²) in [5, 5.41) is 8.59. The highest BCUT2D eigenvalue weighted by molar-refractivity contribution is 7.16. The van der Waals surface area contributed by atoms with E-state index in [2.05, 4.69) is 10.5 Å². The van der Waals surface area contributed by atoms with Crippen LogP contribution in [0, 0.1) is 5.38 Å². The molecule has 2 aromatic heterocycles. The molecule has 0 aliphatic rings. The summed E-state index contributed by atoms with van der Waals surface area (Å²) in [6, 6.07) is 12.1. The van der Waals surface area contributed by atoms with Crippen molar-refractivity contribution in [2.75, 3.05) is 0 Å². The molecule has 0 amide bonds. The summed E-state index contributed by atoms with van der Waals surface area (Å²) in [4.78, 5) is 1.15. The molecule has 67 valence electrons. The zero-order chi connectivity index (χ0) is 9.38. The lowest BCUT2D eigenvalue weighted by Gasteiger charge is -1.99. The summed E-state index contributed by atoms with van der Waals surface area (Å²) in [6.45, 7) is 0. The second-order valence-electron chi connectivity index (χ2n) is 3.02. The van der Waals surface area contributed by atoms with Crippen molar-refractivity contribution in [3.05, 3.63) is 48.0 Å². The molecule has 3 heteroatoms. The Hall–Kier alpha value is -1.61. The summed E-state index contributed by atoms with van der Waals surface area (Å²) in [6.07, 6.45) is 1.87. The molecule has 3 rings (SSSR count). The van der Waals surface area contributed by atoms with E-state index in [0.717, 1.165) is 15.9 Å². The summed E-state index contributed by atoms with van der Waals surface area (Å²) in [7, 11) is 0. The highest BCUT2D eigenvalue weighted by Crippen LogP contribution is 2.22. The molecule has 1 radical (unpaired) electrons. The Bertz CT molecular complexity index is 551. The number of nitrogens with zero attached hydrogens (tertiary/aromatic N) is 2. The molecular formula is C11H7N2S. The maximum Gasteiger partial charge on any atom is 0.127 e. The molecule has 14 heavy (non-hydrogen) atoms. The van der Waals surface area contributed by atoms with E-state index in [9.17, 15) is 0 Å². The van der Waals surface area contributed by atoms with E-state index in [1.165, 1.54) is 0 Å². The van der Waals surface area contributed by atoms with Crippen LogP contribution < -0.4 is 0 Å². The first-order chi connectivity index (χ1) is 6.95. The van der Waals surface area contributed by atoms with Crippen LogP contribution in [-0.4, -0.2) is 9.78 Å². The fraction of sp³-hybridized carbons (Fsp3) is 0. The first-order valence-electron chi connectivity index (χ1n) is 4.34. The van der Waals surface area contributed by atoms with Crippen LogP contribution in [0.15, 0.2) is 42.6 Å². The number of aromatic nitrogens is 2. The quantitative estimate of drug-likeness (QED) is 0.589. The predicted molar refractivity (Wildman–Crippen MR) is 57.8 cm³/mol. The smallest absolute Gasteiger partial charge is 0.127 e. The lowest BCUT2D eigenvalue weighted by Crippen LogP contribution is -1.93. The van der Waals surface area contributed by atoms with Crippen molar-refractivity contribution in [2.24, 2.45) is 0 Å². The maximum absolute atomic E-state index is 4.33. The van der Waals surface area contributed by atoms with Crippen molar-refractivity contribution in [3.8, 4) is 5.69 Å². The van der Waals surface area contributed by atoms with Crippen molar-refractivity contribution in [2.45, 2.75) is 0 Å². The SMILES string of the molecule is [c]1cc2cnn(-c3ccccc3)c2s1. The molecule has 0 aliphatic heterocycles. The Morgan fingerprint density at radius 3 is 2.93 bits per heavy atom. The van der Waals surface area contributed by atoms with E-state index in [0.29, 0.717) is 0 Å². The monoisotopic (exact) mass is 199 g/mol. The van der Waals surface area contributed by atoms with E-state index in [1.807, 2.05) is 47.3 Å². The third-order valence-corrected chi connectivity index (χ3v) is 2.96. The molecule has 0 saturated heterocycles. The first kappa shape index (κ1) is 7.76. The Labute approximate surface area is 85.4 Å². The molecule has 2 heterocycles. The van der Waals surface area contributed by atoms with Crippen LogP contribution in [0.1, 0.15) is 0 Å².